The topological polar surface area (TPSA) is 86.0 Å². The van der Waals surface area contributed by atoms with Crippen molar-refractivity contribution in [3.8, 4) is 5.75 Å². The van der Waals surface area contributed by atoms with Gasteiger partial charge in [0.15, 0.2) is 17.9 Å². The number of nitrogens with zero attached hydrogens (tertiary/aromatic N) is 1. The monoisotopic (exact) mass is 413 g/mol. The van der Waals surface area contributed by atoms with Gasteiger partial charge in [0.25, 0.3) is 5.91 Å². The minimum Gasteiger partial charge on any atom is -0.493 e. The lowest BCUT2D eigenvalue weighted by Gasteiger charge is -2.39. The van der Waals surface area contributed by atoms with Crippen LogP contribution in [-0.4, -0.2) is 43.1 Å². The number of amides is 1. The van der Waals surface area contributed by atoms with E-state index in [1.807, 2.05) is 4.90 Å². The molecule has 7 nitrogen and oxygen atoms in total. The number of hydrogen-bond acceptors (Lipinski definition) is 6. The van der Waals surface area contributed by atoms with E-state index < -0.39 is 11.6 Å². The maximum absolute atomic E-state index is 12.8. The number of para-hydroxylation sites is 1. The van der Waals surface area contributed by atoms with E-state index in [-0.39, 0.29) is 40.5 Å². The van der Waals surface area contributed by atoms with Crippen LogP contribution in [0.2, 0.25) is 0 Å². The maximum Gasteiger partial charge on any atom is 0.351 e. The van der Waals surface area contributed by atoms with Crippen LogP contribution in [0.4, 0.5) is 0 Å². The lowest BCUT2D eigenvalue weighted by atomic mass is 9.65. The number of carbonyl (C=O) groups is 2. The van der Waals surface area contributed by atoms with E-state index in [4.69, 9.17) is 13.9 Å². The predicted octanol–water partition coefficient (Wildman–Crippen LogP) is 3.39. The van der Waals surface area contributed by atoms with Crippen molar-refractivity contribution in [3.05, 3.63) is 40.2 Å². The Morgan fingerprint density at radius 2 is 2.00 bits per heavy atom. The van der Waals surface area contributed by atoms with Gasteiger partial charge in [-0.3, -0.25) is 4.79 Å². The van der Waals surface area contributed by atoms with Crippen molar-refractivity contribution in [1.29, 1.82) is 0 Å². The molecule has 4 rings (SSSR count). The molecule has 2 unspecified atom stereocenters. The van der Waals surface area contributed by atoms with E-state index >= 15 is 0 Å². The number of rotatable bonds is 4. The van der Waals surface area contributed by atoms with Crippen LogP contribution < -0.4 is 10.4 Å². The molecule has 1 aromatic carbocycles. The van der Waals surface area contributed by atoms with Gasteiger partial charge in [0.05, 0.1) is 7.11 Å². The Morgan fingerprint density at radius 1 is 1.23 bits per heavy atom. The molecule has 1 aromatic heterocycles. The number of carbonyl (C=O) groups excluding carboxylic acids is 2. The van der Waals surface area contributed by atoms with E-state index in [0.717, 1.165) is 19.3 Å². The fraction of sp³-hybridized carbons (Fsp3) is 0.522. The second kappa shape index (κ2) is 7.15. The zero-order valence-corrected chi connectivity index (χ0v) is 17.8. The molecule has 2 aromatic rings. The van der Waals surface area contributed by atoms with Crippen molar-refractivity contribution in [2.45, 2.75) is 46.1 Å². The summed E-state index contributed by atoms with van der Waals surface area (Å²) in [6.45, 7) is 6.98. The van der Waals surface area contributed by atoms with Crippen molar-refractivity contribution in [2.24, 2.45) is 10.8 Å². The summed E-state index contributed by atoms with van der Waals surface area (Å²) in [6, 6.07) is 6.67. The Morgan fingerprint density at radius 3 is 2.73 bits per heavy atom. The number of ether oxygens (including phenoxy) is 2. The molecule has 1 saturated heterocycles. The summed E-state index contributed by atoms with van der Waals surface area (Å²) >= 11 is 0. The lowest BCUT2D eigenvalue weighted by molar-refractivity contribution is -0.135. The van der Waals surface area contributed by atoms with E-state index in [9.17, 15) is 14.4 Å². The molecule has 2 fully saturated rings. The highest BCUT2D eigenvalue weighted by Gasteiger charge is 2.50. The third kappa shape index (κ3) is 3.68. The zero-order chi connectivity index (χ0) is 21.7. The highest BCUT2D eigenvalue weighted by molar-refractivity contribution is 5.95. The summed E-state index contributed by atoms with van der Waals surface area (Å²) in [4.78, 5) is 39.4. The van der Waals surface area contributed by atoms with Crippen LogP contribution in [0.15, 0.2) is 33.5 Å². The molecule has 1 aliphatic heterocycles. The highest BCUT2D eigenvalue weighted by Crippen LogP contribution is 2.52. The smallest absolute Gasteiger partial charge is 0.351 e. The van der Waals surface area contributed by atoms with Crippen LogP contribution in [0.25, 0.3) is 11.0 Å². The van der Waals surface area contributed by atoms with E-state index in [1.54, 1.807) is 18.2 Å². The average Bonchev–Trinajstić information content (AvgIpc) is 2.93. The van der Waals surface area contributed by atoms with Crippen molar-refractivity contribution < 1.29 is 23.5 Å². The number of likely N-dealkylation sites (tertiary alicyclic amines) is 1. The van der Waals surface area contributed by atoms with Gasteiger partial charge in [0, 0.05) is 18.0 Å². The summed E-state index contributed by atoms with van der Waals surface area (Å²) in [5, 5.41) is 0.538. The van der Waals surface area contributed by atoms with Crippen LogP contribution in [0, 0.1) is 10.8 Å². The number of methoxy groups -OCH3 is 1. The minimum absolute atomic E-state index is 0.102. The summed E-state index contributed by atoms with van der Waals surface area (Å²) < 4.78 is 15.6. The van der Waals surface area contributed by atoms with Crippen LogP contribution in [0.5, 0.6) is 5.75 Å². The Hall–Kier alpha value is -2.83. The van der Waals surface area contributed by atoms with Crippen LogP contribution in [0.1, 0.15) is 50.4 Å². The van der Waals surface area contributed by atoms with Gasteiger partial charge in [-0.25, -0.2) is 9.59 Å². The van der Waals surface area contributed by atoms with Gasteiger partial charge < -0.3 is 18.8 Å². The first-order valence-corrected chi connectivity index (χ1v) is 10.2. The number of hydrogen-bond donors (Lipinski definition) is 0. The Labute approximate surface area is 174 Å². The van der Waals surface area contributed by atoms with Crippen molar-refractivity contribution >= 4 is 22.8 Å². The number of fused-ring (bicyclic) bond motifs is 3. The van der Waals surface area contributed by atoms with Gasteiger partial charge in [-0.1, -0.05) is 32.9 Å². The minimum atomic E-state index is -0.865. The molecule has 1 saturated carbocycles. The lowest BCUT2D eigenvalue weighted by Crippen LogP contribution is -2.40. The fourth-order valence-electron chi connectivity index (χ4n) is 5.46. The number of esters is 1. The molecule has 0 radical (unpaired) electrons. The molecule has 2 aliphatic rings. The van der Waals surface area contributed by atoms with Gasteiger partial charge in [0.1, 0.15) is 5.56 Å². The molecule has 30 heavy (non-hydrogen) atoms. The Kier molecular flexibility index (Phi) is 4.87. The van der Waals surface area contributed by atoms with Crippen LogP contribution >= 0.6 is 0 Å². The molecule has 2 bridgehead atoms. The Bertz CT molecular complexity index is 1070. The zero-order valence-electron chi connectivity index (χ0n) is 17.8. The standard InChI is InChI=1S/C23H27NO6/c1-22(2)9-15-10-23(3,12-22)13-24(15)18(25)11-29-20(26)16-8-14-6-5-7-17(28-4)19(14)30-21(16)27/h5-8,15H,9-13H2,1-4H3. The third-order valence-corrected chi connectivity index (χ3v) is 6.23. The molecule has 2 atom stereocenters. The van der Waals surface area contributed by atoms with Crippen LogP contribution in [0.3, 0.4) is 0 Å². The molecule has 160 valence electrons. The maximum atomic E-state index is 12.8. The molecular formula is C23H27NO6. The summed E-state index contributed by atoms with van der Waals surface area (Å²) in [7, 11) is 1.47. The first-order chi connectivity index (χ1) is 14.1. The SMILES string of the molecule is COc1cccc2cc(C(=O)OCC(=O)N3CC4(C)CC3CC(C)(C)C4)c(=O)oc12. The third-order valence-electron chi connectivity index (χ3n) is 6.23. The van der Waals surface area contributed by atoms with Crippen LogP contribution in [-0.2, 0) is 9.53 Å². The van der Waals surface area contributed by atoms with Gasteiger partial charge in [0.2, 0.25) is 0 Å². The molecule has 0 N–H and O–H groups in total. The van der Waals surface area contributed by atoms with Gasteiger partial charge in [-0.05, 0) is 42.2 Å². The second-order valence-electron chi connectivity index (χ2n) is 9.64. The van der Waals surface area contributed by atoms with Crippen molar-refractivity contribution in [1.82, 2.24) is 4.90 Å². The second-order valence-corrected chi connectivity index (χ2v) is 9.64. The Balaban J connectivity index is 1.47. The highest BCUT2D eigenvalue weighted by atomic mass is 16.5. The molecule has 1 amide bonds. The quantitative estimate of drug-likeness (QED) is 0.564. The first kappa shape index (κ1) is 20.4. The molecule has 0 spiro atoms. The summed E-state index contributed by atoms with van der Waals surface area (Å²) in [6.07, 6.45) is 2.99. The summed E-state index contributed by atoms with van der Waals surface area (Å²) in [5.41, 5.74) is -0.510. The fourth-order valence-corrected chi connectivity index (χ4v) is 5.46. The van der Waals surface area contributed by atoms with Gasteiger partial charge >= 0.3 is 11.6 Å². The molecule has 1 aliphatic carbocycles. The molecule has 7 heteroatoms. The van der Waals surface area contributed by atoms with Crippen molar-refractivity contribution in [2.75, 3.05) is 20.3 Å². The predicted molar refractivity (Wildman–Crippen MR) is 111 cm³/mol. The average molecular weight is 413 g/mol. The molecule has 2 heterocycles. The van der Waals surface area contributed by atoms with E-state index in [1.165, 1.54) is 13.2 Å². The first-order valence-electron chi connectivity index (χ1n) is 10.2. The van der Waals surface area contributed by atoms with Gasteiger partial charge in [-0.2, -0.15) is 0 Å². The largest absolute Gasteiger partial charge is 0.493 e. The number of benzene rings is 1. The molecular weight excluding hydrogens is 386 g/mol. The normalized spacial score (nSPS) is 24.7. The van der Waals surface area contributed by atoms with Crippen molar-refractivity contribution in [3.63, 3.8) is 0 Å². The van der Waals surface area contributed by atoms with E-state index in [2.05, 4.69) is 20.8 Å². The van der Waals surface area contributed by atoms with Gasteiger partial charge in [-0.15, -0.1) is 0 Å². The summed E-state index contributed by atoms with van der Waals surface area (Å²) in [5.74, 6) is -0.687. The van der Waals surface area contributed by atoms with E-state index in [0.29, 0.717) is 17.7 Å².